The van der Waals surface area contributed by atoms with Crippen LogP contribution in [0.15, 0.2) is 285 Å². The van der Waals surface area contributed by atoms with Crippen molar-refractivity contribution in [1.82, 2.24) is 0 Å². The highest BCUT2D eigenvalue weighted by atomic mass is 15.1. The van der Waals surface area contributed by atoms with E-state index in [2.05, 4.69) is 307 Å². The Hall–Kier alpha value is -10.5. The predicted octanol–water partition coefficient (Wildman–Crippen LogP) is 22.8. The number of hydrogen-bond donors (Lipinski definition) is 0. The van der Waals surface area contributed by atoms with Gasteiger partial charge in [0.25, 0.3) is 0 Å². The van der Waals surface area contributed by atoms with Crippen molar-refractivity contribution in [2.24, 2.45) is 5.92 Å². The summed E-state index contributed by atoms with van der Waals surface area (Å²) < 4.78 is 0. The minimum Gasteiger partial charge on any atom is -0.310 e. The van der Waals surface area contributed by atoms with E-state index in [1.165, 1.54) is 125 Å². The van der Waals surface area contributed by atoms with Gasteiger partial charge < -0.3 is 9.80 Å². The normalized spacial score (nSPS) is 14.5. The minimum atomic E-state index is 0.234. The maximum atomic E-state index is 2.52. The summed E-state index contributed by atoms with van der Waals surface area (Å²) in [4.78, 5) is 4.97. The van der Waals surface area contributed by atoms with Crippen molar-refractivity contribution in [3.8, 4) is 11.1 Å². The highest BCUT2D eigenvalue weighted by Gasteiger charge is 2.28. The molecule has 1 atom stereocenters. The lowest BCUT2D eigenvalue weighted by atomic mass is 9.75. The van der Waals surface area contributed by atoms with E-state index in [1.54, 1.807) is 0 Å². The van der Waals surface area contributed by atoms with E-state index < -0.39 is 0 Å². The smallest absolute Gasteiger partial charge is 0.0468 e. The highest BCUT2D eigenvalue weighted by molar-refractivity contribution is 6.22. The topological polar surface area (TPSA) is 6.48 Å². The van der Waals surface area contributed by atoms with Crippen LogP contribution < -0.4 is 9.80 Å². The Bertz CT molecular complexity index is 5130. The maximum absolute atomic E-state index is 2.52. The van der Waals surface area contributed by atoms with Crippen LogP contribution in [0.1, 0.15) is 40.7 Å². The van der Waals surface area contributed by atoms with Crippen molar-refractivity contribution in [3.05, 3.63) is 313 Å². The molecule has 0 radical (unpaired) electrons. The van der Waals surface area contributed by atoms with Gasteiger partial charge in [0, 0.05) is 40.0 Å². The summed E-state index contributed by atoms with van der Waals surface area (Å²) in [5.41, 5.74) is 18.4. The molecule has 84 heavy (non-hydrogen) atoms. The molecule has 3 aliphatic rings. The fraction of sp³-hybridized carbons (Fsp3) is 0.0488. The monoisotopic (exact) mass is 1070 g/mol. The van der Waals surface area contributed by atoms with Crippen LogP contribution in [0, 0.1) is 5.92 Å². The van der Waals surface area contributed by atoms with Crippen molar-refractivity contribution >= 4 is 133 Å². The molecule has 3 aliphatic carbocycles. The molecule has 0 fully saturated rings. The van der Waals surface area contributed by atoms with Gasteiger partial charge in [-0.2, -0.15) is 0 Å². The van der Waals surface area contributed by atoms with Gasteiger partial charge in [0.1, 0.15) is 0 Å². The minimum absolute atomic E-state index is 0.234. The molecule has 0 N–H and O–H groups in total. The van der Waals surface area contributed by atoms with Gasteiger partial charge in [0.05, 0.1) is 0 Å². The molecule has 0 aliphatic heterocycles. The van der Waals surface area contributed by atoms with Crippen LogP contribution in [0.2, 0.25) is 0 Å². The Balaban J connectivity index is 0.969. The summed E-state index contributed by atoms with van der Waals surface area (Å²) in [7, 11) is 0. The second-order valence-corrected chi connectivity index (χ2v) is 23.1. The SMILES string of the molecule is C1=Cc2ccc(N(c3ccc4ccccc4c3)c3ccc4c(-c5ccc6c(ccc7ccccc76)c5)c5cc(N(c6ccc7ccccc7c6)c6ccc7ccccc7c6)ccc5c(C5=CC=C6c7ccccc7C=CC6C5)c4c3)cc2CC1. The molecule has 1 unspecified atom stereocenters. The lowest BCUT2D eigenvalue weighted by Crippen LogP contribution is -2.12. The fourth-order valence-corrected chi connectivity index (χ4v) is 14.2. The summed E-state index contributed by atoms with van der Waals surface area (Å²) in [5, 5.41) is 17.2. The molecule has 0 spiro atoms. The van der Waals surface area contributed by atoms with E-state index in [9.17, 15) is 0 Å². The van der Waals surface area contributed by atoms with Crippen LogP contribution in [-0.4, -0.2) is 0 Å². The molecule has 0 saturated carbocycles. The number of hydrogen-bond acceptors (Lipinski definition) is 2. The van der Waals surface area contributed by atoms with Crippen molar-refractivity contribution in [3.63, 3.8) is 0 Å². The van der Waals surface area contributed by atoms with E-state index in [0.29, 0.717) is 0 Å². The van der Waals surface area contributed by atoms with Crippen LogP contribution in [0.5, 0.6) is 0 Å². The Labute approximate surface area is 489 Å². The summed E-state index contributed by atoms with van der Waals surface area (Å²) >= 11 is 0. The van der Waals surface area contributed by atoms with Crippen molar-refractivity contribution < 1.29 is 0 Å². The predicted molar refractivity (Wildman–Crippen MR) is 361 cm³/mol. The number of aryl methyl sites for hydroxylation is 1. The lowest BCUT2D eigenvalue weighted by Gasteiger charge is -2.31. The third-order valence-electron chi connectivity index (χ3n) is 18.3. The molecular weight excluding hydrogens is 1010 g/mol. The standard InChI is InChI=1S/C82H56N2/c1-5-19-59-47-67(35-29-53(59)13-1)83(68-36-30-54-14-2-6-20-60(54)48-68)71-39-43-77-79(51-71)81(65-33-41-75-63(45-65)27-25-57-17-9-11-23-73(57)75)78-44-40-72(52-80(78)82(77)66-34-42-76-64(46-66)28-26-58-18-10-12-24-74(58)76)84(69-37-31-55-15-3-7-21-61(55)49-69)70-38-32-56-16-4-8-22-62(56)50-70/h1-7,9-21,23-45,47-52,64H,8,22,46H2. The molecule has 394 valence electrons. The van der Waals surface area contributed by atoms with E-state index in [0.717, 1.165) is 53.4 Å². The van der Waals surface area contributed by atoms with Crippen LogP contribution in [-0.2, 0) is 6.42 Å². The first-order valence-electron chi connectivity index (χ1n) is 29.6. The average Bonchev–Trinajstić information content (AvgIpc) is 1.35. The fourth-order valence-electron chi connectivity index (χ4n) is 14.2. The molecule has 0 aromatic heterocycles. The Morgan fingerprint density at radius 1 is 0.321 bits per heavy atom. The Morgan fingerprint density at radius 2 is 0.821 bits per heavy atom. The molecule has 0 heterocycles. The zero-order chi connectivity index (χ0) is 55.2. The second kappa shape index (κ2) is 19.6. The summed E-state index contributed by atoms with van der Waals surface area (Å²) in [6.45, 7) is 0. The molecule has 14 aromatic rings. The van der Waals surface area contributed by atoms with Gasteiger partial charge in [-0.15, -0.1) is 0 Å². The Kier molecular flexibility index (Phi) is 11.2. The molecule has 0 saturated heterocycles. The zero-order valence-corrected chi connectivity index (χ0v) is 46.4. The lowest BCUT2D eigenvalue weighted by molar-refractivity contribution is 0.858. The summed E-state index contributed by atoms with van der Waals surface area (Å²) in [6, 6.07) is 98.1. The van der Waals surface area contributed by atoms with Gasteiger partial charge in [-0.3, -0.25) is 0 Å². The van der Waals surface area contributed by atoms with E-state index >= 15 is 0 Å². The van der Waals surface area contributed by atoms with Gasteiger partial charge in [-0.05, 0) is 224 Å². The molecule has 14 aromatic carbocycles. The van der Waals surface area contributed by atoms with Crippen molar-refractivity contribution in [2.75, 3.05) is 9.80 Å². The van der Waals surface area contributed by atoms with Crippen molar-refractivity contribution in [1.29, 1.82) is 0 Å². The van der Waals surface area contributed by atoms with Crippen LogP contribution in [0.25, 0.3) is 110 Å². The zero-order valence-electron chi connectivity index (χ0n) is 46.4. The number of nitrogens with zero attached hydrogens (tertiary/aromatic N) is 2. The number of anilines is 6. The van der Waals surface area contributed by atoms with Gasteiger partial charge in [0.2, 0.25) is 0 Å². The highest BCUT2D eigenvalue weighted by Crippen LogP contribution is 2.51. The van der Waals surface area contributed by atoms with Gasteiger partial charge >= 0.3 is 0 Å². The van der Waals surface area contributed by atoms with Gasteiger partial charge in [-0.25, -0.2) is 0 Å². The van der Waals surface area contributed by atoms with Crippen LogP contribution in [0.3, 0.4) is 0 Å². The maximum Gasteiger partial charge on any atom is 0.0468 e. The first-order chi connectivity index (χ1) is 41.6. The average molecular weight is 1070 g/mol. The van der Waals surface area contributed by atoms with E-state index in [-0.39, 0.29) is 5.92 Å². The molecule has 17 rings (SSSR count). The summed E-state index contributed by atoms with van der Waals surface area (Å²) in [5.74, 6) is 0.234. The number of benzene rings is 14. The first-order valence-corrected chi connectivity index (χ1v) is 29.6. The Morgan fingerprint density at radius 3 is 1.50 bits per heavy atom. The largest absolute Gasteiger partial charge is 0.310 e. The number of fused-ring (bicyclic) bond motifs is 12. The van der Waals surface area contributed by atoms with Crippen molar-refractivity contribution in [2.45, 2.75) is 19.3 Å². The molecule has 0 amide bonds. The summed E-state index contributed by atoms with van der Waals surface area (Å²) in [6.07, 6.45) is 17.2. The van der Waals surface area contributed by atoms with E-state index in [1.807, 2.05) is 0 Å². The van der Waals surface area contributed by atoms with Gasteiger partial charge in [-0.1, -0.05) is 218 Å². The quantitative estimate of drug-likeness (QED) is 0.111. The van der Waals surface area contributed by atoms with E-state index in [4.69, 9.17) is 0 Å². The first kappa shape index (κ1) is 48.2. The number of rotatable bonds is 8. The number of allylic oxidation sites excluding steroid dienone is 6. The second-order valence-electron chi connectivity index (χ2n) is 23.1. The third-order valence-corrected chi connectivity index (χ3v) is 18.3. The van der Waals surface area contributed by atoms with Crippen LogP contribution >= 0.6 is 0 Å². The molecular formula is C82H56N2. The van der Waals surface area contributed by atoms with Gasteiger partial charge in [0.15, 0.2) is 0 Å². The molecule has 0 bridgehead atoms. The molecule has 2 nitrogen and oxygen atoms in total. The van der Waals surface area contributed by atoms with Crippen LogP contribution in [0.4, 0.5) is 34.1 Å². The third kappa shape index (κ3) is 8.09. The molecule has 2 heteroatoms.